The standard InChI is InChI=1S/C14H10FNO4/c1-9-6-10(8-17)2-4-13(9)20-14-5-3-11(15)7-12(14)16(18)19/h2-8H,1H3. The van der Waals surface area contributed by atoms with Crippen molar-refractivity contribution < 1.29 is 18.8 Å². The number of halogens is 1. The predicted octanol–water partition coefficient (Wildman–Crippen LogP) is 3.65. The second-order valence-corrected chi connectivity index (χ2v) is 4.11. The predicted molar refractivity (Wildman–Crippen MR) is 69.7 cm³/mol. The van der Waals surface area contributed by atoms with Crippen molar-refractivity contribution in [1.82, 2.24) is 0 Å². The Morgan fingerprint density at radius 1 is 1.20 bits per heavy atom. The van der Waals surface area contributed by atoms with Crippen LogP contribution in [0.4, 0.5) is 10.1 Å². The average molecular weight is 275 g/mol. The molecule has 0 bridgehead atoms. The third-order valence-corrected chi connectivity index (χ3v) is 2.67. The first kappa shape index (κ1) is 13.7. The Bertz CT molecular complexity index is 685. The number of aldehydes is 1. The monoisotopic (exact) mass is 275 g/mol. The van der Waals surface area contributed by atoms with Crippen molar-refractivity contribution in [3.05, 3.63) is 63.5 Å². The Hall–Kier alpha value is -2.76. The van der Waals surface area contributed by atoms with Gasteiger partial charge in [0.05, 0.1) is 11.0 Å². The Morgan fingerprint density at radius 3 is 2.50 bits per heavy atom. The van der Waals surface area contributed by atoms with Gasteiger partial charge in [-0.05, 0) is 42.8 Å². The highest BCUT2D eigenvalue weighted by Gasteiger charge is 2.17. The molecular formula is C14H10FNO4. The van der Waals surface area contributed by atoms with Gasteiger partial charge in [0, 0.05) is 5.56 Å². The molecule has 0 fully saturated rings. The lowest BCUT2D eigenvalue weighted by Crippen LogP contribution is -1.96. The van der Waals surface area contributed by atoms with Gasteiger partial charge in [-0.25, -0.2) is 4.39 Å². The number of hydrogen-bond acceptors (Lipinski definition) is 4. The second kappa shape index (κ2) is 5.48. The summed E-state index contributed by atoms with van der Waals surface area (Å²) in [7, 11) is 0. The van der Waals surface area contributed by atoms with E-state index in [9.17, 15) is 19.3 Å². The number of hydrogen-bond donors (Lipinski definition) is 0. The molecule has 0 saturated carbocycles. The molecule has 2 aromatic carbocycles. The number of aryl methyl sites for hydroxylation is 1. The molecule has 0 aromatic heterocycles. The van der Waals surface area contributed by atoms with Crippen LogP contribution in [-0.2, 0) is 0 Å². The molecule has 6 heteroatoms. The van der Waals surface area contributed by atoms with Gasteiger partial charge < -0.3 is 4.74 Å². The first-order chi connectivity index (χ1) is 9.51. The molecule has 0 aliphatic carbocycles. The number of nitrogens with zero attached hydrogens (tertiary/aromatic N) is 1. The minimum Gasteiger partial charge on any atom is -0.450 e. The molecule has 0 saturated heterocycles. The van der Waals surface area contributed by atoms with Gasteiger partial charge in [-0.15, -0.1) is 0 Å². The number of rotatable bonds is 4. The molecule has 20 heavy (non-hydrogen) atoms. The number of ether oxygens (including phenoxy) is 1. The second-order valence-electron chi connectivity index (χ2n) is 4.11. The van der Waals surface area contributed by atoms with Crippen LogP contribution in [0.2, 0.25) is 0 Å². The zero-order valence-electron chi connectivity index (χ0n) is 10.5. The van der Waals surface area contributed by atoms with Crippen molar-refractivity contribution in [3.8, 4) is 11.5 Å². The van der Waals surface area contributed by atoms with Crippen molar-refractivity contribution in [3.63, 3.8) is 0 Å². The quantitative estimate of drug-likeness (QED) is 0.485. The van der Waals surface area contributed by atoms with Gasteiger partial charge in [-0.3, -0.25) is 14.9 Å². The number of carbonyl (C=O) groups is 1. The minimum atomic E-state index is -0.715. The largest absolute Gasteiger partial charge is 0.450 e. The minimum absolute atomic E-state index is 0.0571. The Morgan fingerprint density at radius 2 is 1.90 bits per heavy atom. The first-order valence-corrected chi connectivity index (χ1v) is 5.69. The van der Waals surface area contributed by atoms with Crippen LogP contribution in [0.5, 0.6) is 11.5 Å². The van der Waals surface area contributed by atoms with Crippen LogP contribution in [0, 0.1) is 22.9 Å². The van der Waals surface area contributed by atoms with Crippen molar-refractivity contribution in [2.24, 2.45) is 0 Å². The molecule has 0 N–H and O–H groups in total. The van der Waals surface area contributed by atoms with E-state index in [1.807, 2.05) is 0 Å². The molecule has 0 unspecified atom stereocenters. The molecule has 0 heterocycles. The highest BCUT2D eigenvalue weighted by atomic mass is 19.1. The maximum Gasteiger partial charge on any atom is 0.314 e. The average Bonchev–Trinajstić information content (AvgIpc) is 2.42. The van der Waals surface area contributed by atoms with E-state index in [4.69, 9.17) is 4.74 Å². The summed E-state index contributed by atoms with van der Waals surface area (Å²) in [6.07, 6.45) is 0.692. The SMILES string of the molecule is Cc1cc(C=O)ccc1Oc1ccc(F)cc1[N+](=O)[O-]. The van der Waals surface area contributed by atoms with Crippen LogP contribution >= 0.6 is 0 Å². The third-order valence-electron chi connectivity index (χ3n) is 2.67. The zero-order chi connectivity index (χ0) is 14.7. The van der Waals surface area contributed by atoms with Crippen LogP contribution in [0.3, 0.4) is 0 Å². The van der Waals surface area contributed by atoms with Crippen molar-refractivity contribution in [2.45, 2.75) is 6.92 Å². The summed E-state index contributed by atoms with van der Waals surface area (Å²) in [4.78, 5) is 20.8. The number of benzene rings is 2. The van der Waals surface area contributed by atoms with Crippen molar-refractivity contribution in [2.75, 3.05) is 0 Å². The fourth-order valence-corrected chi connectivity index (χ4v) is 1.70. The molecule has 0 radical (unpaired) electrons. The fourth-order valence-electron chi connectivity index (χ4n) is 1.70. The van der Waals surface area contributed by atoms with E-state index >= 15 is 0 Å². The highest BCUT2D eigenvalue weighted by molar-refractivity contribution is 5.75. The lowest BCUT2D eigenvalue weighted by atomic mass is 10.1. The van der Waals surface area contributed by atoms with E-state index in [0.29, 0.717) is 23.2 Å². The van der Waals surface area contributed by atoms with E-state index < -0.39 is 16.4 Å². The fraction of sp³-hybridized carbons (Fsp3) is 0.0714. The van der Waals surface area contributed by atoms with Crippen molar-refractivity contribution >= 4 is 12.0 Å². The molecule has 0 spiro atoms. The molecule has 5 nitrogen and oxygen atoms in total. The first-order valence-electron chi connectivity index (χ1n) is 5.69. The summed E-state index contributed by atoms with van der Waals surface area (Å²) in [5, 5.41) is 10.9. The molecule has 0 amide bonds. The topological polar surface area (TPSA) is 69.4 Å². The van der Waals surface area contributed by atoms with Gasteiger partial charge in [-0.1, -0.05) is 0 Å². The number of nitro benzene ring substituents is 1. The molecule has 2 rings (SSSR count). The Kier molecular flexibility index (Phi) is 3.74. The van der Waals surface area contributed by atoms with E-state index in [1.54, 1.807) is 13.0 Å². The van der Waals surface area contributed by atoms with E-state index in [0.717, 1.165) is 12.1 Å². The van der Waals surface area contributed by atoms with Gasteiger partial charge in [0.15, 0.2) is 0 Å². The number of nitro groups is 1. The summed E-state index contributed by atoms with van der Waals surface area (Å²) in [6, 6.07) is 7.73. The maximum atomic E-state index is 13.0. The summed E-state index contributed by atoms with van der Waals surface area (Å²) >= 11 is 0. The molecule has 102 valence electrons. The normalized spacial score (nSPS) is 10.1. The molecular weight excluding hydrogens is 265 g/mol. The van der Waals surface area contributed by atoms with Crippen molar-refractivity contribution in [1.29, 1.82) is 0 Å². The van der Waals surface area contributed by atoms with Crippen LogP contribution in [0.1, 0.15) is 15.9 Å². The zero-order valence-corrected chi connectivity index (χ0v) is 10.5. The van der Waals surface area contributed by atoms with Crippen LogP contribution < -0.4 is 4.74 Å². The number of carbonyl (C=O) groups excluding carboxylic acids is 1. The van der Waals surface area contributed by atoms with E-state index in [-0.39, 0.29) is 5.75 Å². The Balaban J connectivity index is 2.39. The molecule has 2 aromatic rings. The van der Waals surface area contributed by atoms with E-state index in [1.165, 1.54) is 18.2 Å². The molecule has 0 atom stereocenters. The molecule has 0 aliphatic heterocycles. The molecule has 0 aliphatic rings. The van der Waals surface area contributed by atoms with Gasteiger partial charge in [-0.2, -0.15) is 0 Å². The smallest absolute Gasteiger partial charge is 0.314 e. The Labute approximate surface area is 113 Å². The summed E-state index contributed by atoms with van der Waals surface area (Å²) in [5.41, 5.74) is 0.667. The summed E-state index contributed by atoms with van der Waals surface area (Å²) in [6.45, 7) is 1.71. The third kappa shape index (κ3) is 2.80. The summed E-state index contributed by atoms with van der Waals surface area (Å²) < 4.78 is 18.5. The van der Waals surface area contributed by atoms with Gasteiger partial charge in [0.2, 0.25) is 5.75 Å². The summed E-state index contributed by atoms with van der Waals surface area (Å²) in [5.74, 6) is -0.402. The maximum absolute atomic E-state index is 13.0. The van der Waals surface area contributed by atoms with Gasteiger partial charge >= 0.3 is 5.69 Å². The lowest BCUT2D eigenvalue weighted by Gasteiger charge is -2.09. The lowest BCUT2D eigenvalue weighted by molar-refractivity contribution is -0.385. The van der Waals surface area contributed by atoms with Crippen LogP contribution in [0.25, 0.3) is 0 Å². The van der Waals surface area contributed by atoms with Gasteiger partial charge in [0.1, 0.15) is 17.9 Å². The highest BCUT2D eigenvalue weighted by Crippen LogP contribution is 2.33. The van der Waals surface area contributed by atoms with E-state index in [2.05, 4.69) is 0 Å². The van der Waals surface area contributed by atoms with Crippen LogP contribution in [0.15, 0.2) is 36.4 Å². The van der Waals surface area contributed by atoms with Gasteiger partial charge in [0.25, 0.3) is 0 Å². The van der Waals surface area contributed by atoms with Crippen LogP contribution in [-0.4, -0.2) is 11.2 Å².